The number of ether oxygens (including phenoxy) is 1. The highest BCUT2D eigenvalue weighted by atomic mass is 16.5. The van der Waals surface area contributed by atoms with Gasteiger partial charge >= 0.3 is 0 Å². The number of aromatic nitrogens is 1. The fourth-order valence-electron chi connectivity index (χ4n) is 1.48. The first-order valence-corrected chi connectivity index (χ1v) is 5.88. The Hall–Kier alpha value is -1.26. The third kappa shape index (κ3) is 4.63. The average molecular weight is 236 g/mol. The molecule has 0 radical (unpaired) electrons. The number of nitrogens with two attached hydrogens (primary N) is 1. The lowest BCUT2D eigenvalue weighted by Gasteiger charge is -2.09. The highest BCUT2D eigenvalue weighted by molar-refractivity contribution is 5.85. The molecule has 0 aliphatic rings. The molecule has 0 aromatic carbocycles. The molecule has 0 aliphatic heterocycles. The second kappa shape index (κ2) is 7.14. The van der Waals surface area contributed by atoms with E-state index in [-0.39, 0.29) is 5.78 Å². The van der Waals surface area contributed by atoms with Crippen molar-refractivity contribution in [2.75, 3.05) is 13.7 Å². The number of pyridine rings is 1. The number of ketones is 1. The molecule has 0 aliphatic carbocycles. The summed E-state index contributed by atoms with van der Waals surface area (Å²) in [6.45, 7) is 2.58. The van der Waals surface area contributed by atoms with Crippen LogP contribution in [0.5, 0.6) is 0 Å². The molecule has 1 aromatic heterocycles. The summed E-state index contributed by atoms with van der Waals surface area (Å²) in [7, 11) is 1.60. The maximum absolute atomic E-state index is 11.8. The molecule has 0 fully saturated rings. The summed E-state index contributed by atoms with van der Waals surface area (Å²) in [5, 5.41) is 0. The van der Waals surface area contributed by atoms with Crippen LogP contribution in [0.2, 0.25) is 0 Å². The lowest BCUT2D eigenvalue weighted by Crippen LogP contribution is -2.33. The zero-order valence-electron chi connectivity index (χ0n) is 10.5. The third-order valence-corrected chi connectivity index (χ3v) is 2.70. The van der Waals surface area contributed by atoms with Gasteiger partial charge in [-0.3, -0.25) is 9.78 Å². The first kappa shape index (κ1) is 13.8. The topological polar surface area (TPSA) is 65.2 Å². The third-order valence-electron chi connectivity index (χ3n) is 2.70. The zero-order valence-corrected chi connectivity index (χ0v) is 10.5. The van der Waals surface area contributed by atoms with Crippen molar-refractivity contribution >= 4 is 5.78 Å². The van der Waals surface area contributed by atoms with Gasteiger partial charge in [0.05, 0.1) is 12.5 Å². The van der Waals surface area contributed by atoms with Crippen molar-refractivity contribution in [3.8, 4) is 0 Å². The van der Waals surface area contributed by atoms with Gasteiger partial charge in [0, 0.05) is 25.6 Å². The minimum Gasteiger partial charge on any atom is -0.385 e. The number of aryl methyl sites for hydroxylation is 1. The van der Waals surface area contributed by atoms with Crippen molar-refractivity contribution in [3.63, 3.8) is 0 Å². The number of carbonyl (C=O) groups excluding carboxylic acids is 1. The van der Waals surface area contributed by atoms with Gasteiger partial charge in [-0.05, 0) is 24.5 Å². The van der Waals surface area contributed by atoms with E-state index in [0.717, 1.165) is 12.1 Å². The summed E-state index contributed by atoms with van der Waals surface area (Å²) < 4.78 is 4.90. The van der Waals surface area contributed by atoms with Crippen LogP contribution in [-0.2, 0) is 22.4 Å². The molecule has 2 N–H and O–H groups in total. The van der Waals surface area contributed by atoms with Gasteiger partial charge in [-0.1, -0.05) is 13.0 Å². The molecule has 0 saturated heterocycles. The summed E-state index contributed by atoms with van der Waals surface area (Å²) in [4.78, 5) is 16.0. The van der Waals surface area contributed by atoms with Crippen LogP contribution in [-0.4, -0.2) is 30.5 Å². The number of Topliss-reactive ketones (excluding diaryl/α,β-unsaturated/α-hetero) is 1. The summed E-state index contributed by atoms with van der Waals surface area (Å²) in [5.41, 5.74) is 7.70. The van der Waals surface area contributed by atoms with E-state index in [1.807, 2.05) is 18.3 Å². The van der Waals surface area contributed by atoms with E-state index in [0.29, 0.717) is 19.4 Å². The van der Waals surface area contributed by atoms with Crippen molar-refractivity contribution in [1.29, 1.82) is 0 Å². The Kier molecular flexibility index (Phi) is 5.80. The maximum Gasteiger partial charge on any atom is 0.155 e. The van der Waals surface area contributed by atoms with Crippen LogP contribution < -0.4 is 5.73 Å². The second-order valence-corrected chi connectivity index (χ2v) is 4.04. The van der Waals surface area contributed by atoms with Gasteiger partial charge in [0.15, 0.2) is 5.78 Å². The smallest absolute Gasteiger partial charge is 0.155 e. The van der Waals surface area contributed by atoms with E-state index in [9.17, 15) is 4.79 Å². The number of methoxy groups -OCH3 is 1. The Morgan fingerprint density at radius 1 is 1.53 bits per heavy atom. The molecule has 1 atom stereocenters. The standard InChI is InChI=1S/C13H20N2O2/c1-3-10-4-5-11(15-9-10)8-13(16)12(14)6-7-17-2/h4-5,9,12H,3,6-8,14H2,1-2H3. The molecule has 17 heavy (non-hydrogen) atoms. The number of nitrogens with zero attached hydrogens (tertiary/aromatic N) is 1. The van der Waals surface area contributed by atoms with E-state index in [4.69, 9.17) is 10.5 Å². The van der Waals surface area contributed by atoms with Crippen LogP contribution in [0.4, 0.5) is 0 Å². The average Bonchev–Trinajstić information content (AvgIpc) is 2.36. The summed E-state index contributed by atoms with van der Waals surface area (Å²) in [6.07, 6.45) is 3.62. The fraction of sp³-hybridized carbons (Fsp3) is 0.538. The van der Waals surface area contributed by atoms with E-state index in [1.54, 1.807) is 7.11 Å². The number of hydrogen-bond acceptors (Lipinski definition) is 4. The molecule has 1 aromatic rings. The van der Waals surface area contributed by atoms with Crippen molar-refractivity contribution in [2.24, 2.45) is 5.73 Å². The molecule has 0 amide bonds. The quantitative estimate of drug-likeness (QED) is 0.770. The van der Waals surface area contributed by atoms with Gasteiger partial charge in [0.1, 0.15) is 0 Å². The zero-order chi connectivity index (χ0) is 12.7. The normalized spacial score (nSPS) is 12.4. The Morgan fingerprint density at radius 2 is 2.29 bits per heavy atom. The Bertz CT molecular complexity index is 349. The summed E-state index contributed by atoms with van der Waals surface area (Å²) >= 11 is 0. The number of carbonyl (C=O) groups is 1. The summed E-state index contributed by atoms with van der Waals surface area (Å²) in [5.74, 6) is 0.0128. The predicted octanol–water partition coefficient (Wildman–Crippen LogP) is 1.12. The lowest BCUT2D eigenvalue weighted by molar-refractivity contribution is -0.120. The highest BCUT2D eigenvalue weighted by Gasteiger charge is 2.14. The first-order chi connectivity index (χ1) is 8.17. The molecule has 1 heterocycles. The molecule has 0 saturated carbocycles. The molecule has 1 rings (SSSR count). The molecule has 4 nitrogen and oxygen atoms in total. The SMILES string of the molecule is CCc1ccc(CC(=O)C(N)CCOC)nc1. The van der Waals surface area contributed by atoms with Gasteiger partial charge in [-0.2, -0.15) is 0 Å². The van der Waals surface area contributed by atoms with Crippen molar-refractivity contribution in [1.82, 2.24) is 4.98 Å². The molecule has 94 valence electrons. The van der Waals surface area contributed by atoms with Gasteiger partial charge < -0.3 is 10.5 Å². The highest BCUT2D eigenvalue weighted by Crippen LogP contribution is 2.04. The minimum absolute atomic E-state index is 0.0128. The van der Waals surface area contributed by atoms with Crippen LogP contribution >= 0.6 is 0 Å². The molecular weight excluding hydrogens is 216 g/mol. The van der Waals surface area contributed by atoms with Gasteiger partial charge in [0.25, 0.3) is 0 Å². The Morgan fingerprint density at radius 3 is 2.82 bits per heavy atom. The van der Waals surface area contributed by atoms with Crippen LogP contribution in [0.15, 0.2) is 18.3 Å². The van der Waals surface area contributed by atoms with E-state index < -0.39 is 6.04 Å². The predicted molar refractivity (Wildman–Crippen MR) is 66.8 cm³/mol. The molecule has 1 unspecified atom stereocenters. The summed E-state index contributed by atoms with van der Waals surface area (Å²) in [6, 6.07) is 3.43. The monoisotopic (exact) mass is 236 g/mol. The van der Waals surface area contributed by atoms with E-state index in [2.05, 4.69) is 11.9 Å². The van der Waals surface area contributed by atoms with Crippen molar-refractivity contribution in [2.45, 2.75) is 32.2 Å². The van der Waals surface area contributed by atoms with Crippen LogP contribution in [0.25, 0.3) is 0 Å². The van der Waals surface area contributed by atoms with Crippen LogP contribution in [0.1, 0.15) is 24.6 Å². The fourth-order valence-corrected chi connectivity index (χ4v) is 1.48. The minimum atomic E-state index is -0.456. The van der Waals surface area contributed by atoms with Crippen LogP contribution in [0, 0.1) is 0 Å². The van der Waals surface area contributed by atoms with Gasteiger partial charge in [-0.25, -0.2) is 0 Å². The Labute approximate surface area is 102 Å². The van der Waals surface area contributed by atoms with Crippen LogP contribution in [0.3, 0.4) is 0 Å². The molecule has 4 heteroatoms. The first-order valence-electron chi connectivity index (χ1n) is 5.88. The van der Waals surface area contributed by atoms with E-state index in [1.165, 1.54) is 5.56 Å². The maximum atomic E-state index is 11.8. The molecular formula is C13H20N2O2. The Balaban J connectivity index is 2.49. The molecule has 0 bridgehead atoms. The van der Waals surface area contributed by atoms with Gasteiger partial charge in [-0.15, -0.1) is 0 Å². The largest absolute Gasteiger partial charge is 0.385 e. The van der Waals surface area contributed by atoms with Crippen molar-refractivity contribution in [3.05, 3.63) is 29.6 Å². The van der Waals surface area contributed by atoms with Gasteiger partial charge in [0.2, 0.25) is 0 Å². The molecule has 0 spiro atoms. The number of rotatable bonds is 7. The number of hydrogen-bond donors (Lipinski definition) is 1. The van der Waals surface area contributed by atoms with E-state index >= 15 is 0 Å². The van der Waals surface area contributed by atoms with Crippen molar-refractivity contribution < 1.29 is 9.53 Å². The second-order valence-electron chi connectivity index (χ2n) is 4.04. The lowest BCUT2D eigenvalue weighted by atomic mass is 10.1.